The molecule has 3 N–H and O–H groups in total. The minimum Gasteiger partial charge on any atom is -0.491 e. The molecule has 0 aliphatic rings. The van der Waals surface area contributed by atoms with Gasteiger partial charge < -0.3 is 15.6 Å². The van der Waals surface area contributed by atoms with Crippen molar-refractivity contribution in [3.8, 4) is 5.75 Å². The number of aliphatic carboxylic acids is 1. The molecule has 0 amide bonds. The van der Waals surface area contributed by atoms with E-state index in [4.69, 9.17) is 27.2 Å². The standard InChI is InChI=1S/C13H12ClNO3/c14-10-5-6-12(18-7-11(15)13(16)17)9-4-2-1-3-8(9)10/h1-6,11H,7,15H2,(H,16,17). The second kappa shape index (κ2) is 5.25. The molecule has 0 saturated heterocycles. The maximum absolute atomic E-state index is 10.6. The molecular weight excluding hydrogens is 254 g/mol. The Morgan fingerprint density at radius 1 is 1.28 bits per heavy atom. The van der Waals surface area contributed by atoms with E-state index in [-0.39, 0.29) is 6.61 Å². The molecule has 0 bridgehead atoms. The summed E-state index contributed by atoms with van der Waals surface area (Å²) >= 11 is 6.07. The van der Waals surface area contributed by atoms with E-state index < -0.39 is 12.0 Å². The molecule has 2 aromatic carbocycles. The van der Waals surface area contributed by atoms with Crippen molar-refractivity contribution in [3.63, 3.8) is 0 Å². The van der Waals surface area contributed by atoms with E-state index in [0.29, 0.717) is 10.8 Å². The summed E-state index contributed by atoms with van der Waals surface area (Å²) in [6, 6.07) is 9.86. The largest absolute Gasteiger partial charge is 0.491 e. The molecule has 0 saturated carbocycles. The minimum atomic E-state index is -1.09. The zero-order valence-electron chi connectivity index (χ0n) is 9.47. The van der Waals surface area contributed by atoms with Crippen molar-refractivity contribution in [3.05, 3.63) is 41.4 Å². The van der Waals surface area contributed by atoms with E-state index in [1.807, 2.05) is 24.3 Å². The van der Waals surface area contributed by atoms with Gasteiger partial charge in [-0.05, 0) is 12.1 Å². The molecule has 0 heterocycles. The summed E-state index contributed by atoms with van der Waals surface area (Å²) in [6.45, 7) is -0.0824. The van der Waals surface area contributed by atoms with Crippen LogP contribution in [0.15, 0.2) is 36.4 Å². The number of benzene rings is 2. The first-order valence-electron chi connectivity index (χ1n) is 5.38. The van der Waals surface area contributed by atoms with Gasteiger partial charge in [0.2, 0.25) is 0 Å². The van der Waals surface area contributed by atoms with Gasteiger partial charge >= 0.3 is 5.97 Å². The Hall–Kier alpha value is -1.78. The molecule has 0 spiro atoms. The molecule has 5 heteroatoms. The van der Waals surface area contributed by atoms with Gasteiger partial charge in [-0.3, -0.25) is 4.79 Å². The van der Waals surface area contributed by atoms with E-state index in [1.54, 1.807) is 12.1 Å². The number of carbonyl (C=O) groups is 1. The molecule has 0 aromatic heterocycles. The Balaban J connectivity index is 2.29. The number of carboxylic acids is 1. The quantitative estimate of drug-likeness (QED) is 0.890. The summed E-state index contributed by atoms with van der Waals surface area (Å²) in [6.07, 6.45) is 0. The molecule has 1 unspecified atom stereocenters. The van der Waals surface area contributed by atoms with Crippen molar-refractivity contribution in [2.45, 2.75) is 6.04 Å². The lowest BCUT2D eigenvalue weighted by atomic mass is 10.1. The van der Waals surface area contributed by atoms with Gasteiger partial charge in [0.05, 0.1) is 0 Å². The first kappa shape index (κ1) is 12.7. The summed E-state index contributed by atoms with van der Waals surface area (Å²) in [5, 5.41) is 11.0. The number of fused-ring (bicyclic) bond motifs is 1. The topological polar surface area (TPSA) is 72.5 Å². The smallest absolute Gasteiger partial charge is 0.324 e. The molecule has 4 nitrogen and oxygen atoms in total. The molecule has 0 aliphatic heterocycles. The van der Waals surface area contributed by atoms with Crippen molar-refractivity contribution in [1.82, 2.24) is 0 Å². The normalized spacial score (nSPS) is 12.3. The van der Waals surface area contributed by atoms with Crippen LogP contribution in [0.1, 0.15) is 0 Å². The zero-order chi connectivity index (χ0) is 13.1. The Kier molecular flexibility index (Phi) is 3.69. The molecule has 0 fully saturated rings. The molecule has 18 heavy (non-hydrogen) atoms. The number of hydrogen-bond donors (Lipinski definition) is 2. The van der Waals surface area contributed by atoms with E-state index in [0.717, 1.165) is 10.8 Å². The molecule has 0 radical (unpaired) electrons. The first-order valence-corrected chi connectivity index (χ1v) is 5.76. The lowest BCUT2D eigenvalue weighted by molar-refractivity contribution is -0.139. The monoisotopic (exact) mass is 265 g/mol. The summed E-state index contributed by atoms with van der Waals surface area (Å²) < 4.78 is 5.43. The van der Waals surface area contributed by atoms with Gasteiger partial charge in [0.15, 0.2) is 0 Å². The van der Waals surface area contributed by atoms with Crippen LogP contribution >= 0.6 is 11.6 Å². The van der Waals surface area contributed by atoms with Crippen molar-refractivity contribution in [1.29, 1.82) is 0 Å². The highest BCUT2D eigenvalue weighted by Gasteiger charge is 2.13. The van der Waals surface area contributed by atoms with E-state index in [9.17, 15) is 4.79 Å². The second-order valence-corrected chi connectivity index (χ2v) is 4.25. The van der Waals surface area contributed by atoms with Crippen LogP contribution in [-0.2, 0) is 4.79 Å². The highest BCUT2D eigenvalue weighted by molar-refractivity contribution is 6.35. The molecular formula is C13H12ClNO3. The van der Waals surface area contributed by atoms with E-state index >= 15 is 0 Å². The highest BCUT2D eigenvalue weighted by Crippen LogP contribution is 2.31. The predicted octanol–water partition coefficient (Wildman–Crippen LogP) is 2.28. The third kappa shape index (κ3) is 2.55. The van der Waals surface area contributed by atoms with Gasteiger partial charge in [-0.25, -0.2) is 0 Å². The third-order valence-electron chi connectivity index (χ3n) is 2.57. The molecule has 2 aromatic rings. The zero-order valence-corrected chi connectivity index (χ0v) is 10.2. The van der Waals surface area contributed by atoms with E-state index in [2.05, 4.69) is 0 Å². The van der Waals surface area contributed by atoms with Crippen LogP contribution in [0.2, 0.25) is 5.02 Å². The van der Waals surface area contributed by atoms with Crippen LogP contribution in [0, 0.1) is 0 Å². The van der Waals surface area contributed by atoms with Crippen molar-refractivity contribution < 1.29 is 14.6 Å². The van der Waals surface area contributed by atoms with Gasteiger partial charge in [-0.1, -0.05) is 35.9 Å². The third-order valence-corrected chi connectivity index (χ3v) is 2.90. The van der Waals surface area contributed by atoms with Crippen molar-refractivity contribution >= 4 is 28.3 Å². The summed E-state index contributed by atoms with van der Waals surface area (Å²) in [5.74, 6) is -0.514. The van der Waals surface area contributed by atoms with Crippen molar-refractivity contribution in [2.75, 3.05) is 6.61 Å². The van der Waals surface area contributed by atoms with Crippen LogP contribution in [0.5, 0.6) is 5.75 Å². The van der Waals surface area contributed by atoms with Gasteiger partial charge in [-0.15, -0.1) is 0 Å². The molecule has 2 rings (SSSR count). The summed E-state index contributed by atoms with van der Waals surface area (Å²) in [5.41, 5.74) is 5.39. The van der Waals surface area contributed by atoms with Crippen LogP contribution in [0.25, 0.3) is 10.8 Å². The Morgan fingerprint density at radius 3 is 2.61 bits per heavy atom. The van der Waals surface area contributed by atoms with E-state index in [1.165, 1.54) is 0 Å². The number of hydrogen-bond acceptors (Lipinski definition) is 3. The van der Waals surface area contributed by atoms with Crippen LogP contribution in [-0.4, -0.2) is 23.7 Å². The molecule has 94 valence electrons. The number of nitrogens with two attached hydrogens (primary N) is 1. The lowest BCUT2D eigenvalue weighted by Crippen LogP contribution is -2.36. The van der Waals surface area contributed by atoms with Crippen molar-refractivity contribution in [2.24, 2.45) is 5.73 Å². The second-order valence-electron chi connectivity index (χ2n) is 3.85. The van der Waals surface area contributed by atoms with Gasteiger partial charge in [-0.2, -0.15) is 0 Å². The fourth-order valence-corrected chi connectivity index (χ4v) is 1.84. The van der Waals surface area contributed by atoms with Crippen LogP contribution < -0.4 is 10.5 Å². The SMILES string of the molecule is NC(COc1ccc(Cl)c2ccccc12)C(=O)O. The lowest BCUT2D eigenvalue weighted by Gasteiger charge is -2.12. The van der Waals surface area contributed by atoms with Crippen LogP contribution in [0.4, 0.5) is 0 Å². The maximum Gasteiger partial charge on any atom is 0.324 e. The van der Waals surface area contributed by atoms with Gasteiger partial charge in [0.1, 0.15) is 18.4 Å². The van der Waals surface area contributed by atoms with Gasteiger partial charge in [0.25, 0.3) is 0 Å². The average Bonchev–Trinajstić information content (AvgIpc) is 2.38. The molecule has 1 atom stereocenters. The summed E-state index contributed by atoms with van der Waals surface area (Å²) in [7, 11) is 0. The average molecular weight is 266 g/mol. The van der Waals surface area contributed by atoms with Gasteiger partial charge in [0, 0.05) is 15.8 Å². The highest BCUT2D eigenvalue weighted by atomic mass is 35.5. The fourth-order valence-electron chi connectivity index (χ4n) is 1.61. The molecule has 0 aliphatic carbocycles. The first-order chi connectivity index (χ1) is 8.59. The number of carboxylic acid groups (broad SMARTS) is 1. The summed E-state index contributed by atoms with van der Waals surface area (Å²) in [4.78, 5) is 10.6. The number of rotatable bonds is 4. The minimum absolute atomic E-state index is 0.0824. The maximum atomic E-state index is 10.6. The number of halogens is 1. The van der Waals surface area contributed by atoms with Crippen LogP contribution in [0.3, 0.4) is 0 Å². The fraction of sp³-hybridized carbons (Fsp3) is 0.154. The Morgan fingerprint density at radius 2 is 1.94 bits per heavy atom. The predicted molar refractivity (Wildman–Crippen MR) is 70.1 cm³/mol. The Labute approximate surface area is 109 Å². The number of ether oxygens (including phenoxy) is 1. The Bertz CT molecular complexity index is 585.